The smallest absolute Gasteiger partial charge is 0.295 e. The van der Waals surface area contributed by atoms with Crippen molar-refractivity contribution in [2.75, 3.05) is 32.6 Å². The van der Waals surface area contributed by atoms with Gasteiger partial charge in [-0.05, 0) is 76.0 Å². The zero-order chi connectivity index (χ0) is 41.4. The summed E-state index contributed by atoms with van der Waals surface area (Å²) in [6.45, 7) is 11.6. The molecule has 2 amide bonds. The predicted molar refractivity (Wildman–Crippen MR) is 229 cm³/mol. The van der Waals surface area contributed by atoms with E-state index in [-0.39, 0.29) is 5.76 Å². The van der Waals surface area contributed by atoms with Crippen molar-refractivity contribution in [1.82, 2.24) is 39.4 Å². The number of carbonyl (C=O) groups is 2. The van der Waals surface area contributed by atoms with Crippen molar-refractivity contribution in [1.29, 1.82) is 0 Å². The SMILES string of the molecule is C=Cc1cc(OCCCNC)c2c(c1)nc(NC(=O)c1oc(C)nc1CC)n2C/C=C/Cn1c2nc(-c3sc(C)nc3C3CC3)ncc2c2cc(C(N)=O)cc(OC)c21. The van der Waals surface area contributed by atoms with Crippen LogP contribution in [-0.4, -0.2) is 73.2 Å². The molecule has 0 aliphatic heterocycles. The van der Waals surface area contributed by atoms with Crippen molar-refractivity contribution in [2.24, 2.45) is 5.73 Å². The van der Waals surface area contributed by atoms with Crippen LogP contribution in [0, 0.1) is 13.8 Å². The van der Waals surface area contributed by atoms with Crippen LogP contribution in [0.2, 0.25) is 0 Å². The van der Waals surface area contributed by atoms with Gasteiger partial charge in [-0.3, -0.25) is 14.9 Å². The second-order valence-corrected chi connectivity index (χ2v) is 15.6. The molecule has 4 N–H and O–H groups in total. The number of ether oxygens (including phenoxy) is 2. The lowest BCUT2D eigenvalue weighted by atomic mass is 10.1. The Bertz CT molecular complexity index is 2790. The number of hydrogen-bond donors (Lipinski definition) is 3. The highest BCUT2D eigenvalue weighted by atomic mass is 32.1. The third-order valence-electron chi connectivity index (χ3n) is 10.3. The van der Waals surface area contributed by atoms with Crippen molar-refractivity contribution in [3.8, 4) is 22.2 Å². The van der Waals surface area contributed by atoms with Gasteiger partial charge in [0.1, 0.15) is 22.7 Å². The maximum Gasteiger partial charge on any atom is 0.295 e. The van der Waals surface area contributed by atoms with E-state index in [1.165, 1.54) is 0 Å². The van der Waals surface area contributed by atoms with Crippen LogP contribution >= 0.6 is 11.3 Å². The first kappa shape index (κ1) is 39.4. The van der Waals surface area contributed by atoms with E-state index in [0.717, 1.165) is 63.2 Å². The van der Waals surface area contributed by atoms with E-state index in [9.17, 15) is 9.59 Å². The van der Waals surface area contributed by atoms with Crippen molar-refractivity contribution >= 4 is 68.1 Å². The van der Waals surface area contributed by atoms with Gasteiger partial charge >= 0.3 is 0 Å². The second kappa shape index (κ2) is 16.5. The Morgan fingerprint density at radius 2 is 1.83 bits per heavy atom. The molecule has 7 aromatic rings. The molecule has 0 unspecified atom stereocenters. The molecule has 8 rings (SSSR count). The Hall–Kier alpha value is -6.39. The number of aryl methyl sites for hydroxylation is 3. The number of amides is 2. The molecule has 0 saturated heterocycles. The number of rotatable bonds is 17. The molecule has 0 atom stereocenters. The fourth-order valence-corrected chi connectivity index (χ4v) is 8.32. The van der Waals surface area contributed by atoms with Crippen LogP contribution in [0.15, 0.2) is 53.6 Å². The van der Waals surface area contributed by atoms with Crippen LogP contribution in [0.25, 0.3) is 49.7 Å². The normalized spacial score (nSPS) is 13.0. The van der Waals surface area contributed by atoms with Crippen LogP contribution < -0.4 is 25.8 Å². The van der Waals surface area contributed by atoms with E-state index in [2.05, 4.69) is 26.8 Å². The van der Waals surface area contributed by atoms with E-state index < -0.39 is 11.8 Å². The summed E-state index contributed by atoms with van der Waals surface area (Å²) in [5.41, 5.74) is 11.3. The van der Waals surface area contributed by atoms with Gasteiger partial charge in [0.15, 0.2) is 11.7 Å². The molecule has 304 valence electrons. The van der Waals surface area contributed by atoms with Crippen LogP contribution in [0.5, 0.6) is 11.5 Å². The molecule has 1 fully saturated rings. The minimum atomic E-state index is -0.567. The van der Waals surface area contributed by atoms with Gasteiger partial charge in [-0.15, -0.1) is 11.3 Å². The number of imidazole rings is 1. The molecule has 16 heteroatoms. The Morgan fingerprint density at radius 3 is 2.54 bits per heavy atom. The van der Waals surface area contributed by atoms with E-state index in [1.54, 1.807) is 49.8 Å². The highest BCUT2D eigenvalue weighted by Gasteiger charge is 2.31. The molecule has 5 heterocycles. The zero-order valence-corrected chi connectivity index (χ0v) is 34.5. The number of carbonyl (C=O) groups excluding carboxylic acids is 2. The summed E-state index contributed by atoms with van der Waals surface area (Å²) in [7, 11) is 3.47. The van der Waals surface area contributed by atoms with Crippen molar-refractivity contribution in [3.05, 3.63) is 88.4 Å². The lowest BCUT2D eigenvalue weighted by Gasteiger charge is -2.13. The number of benzene rings is 2. The van der Waals surface area contributed by atoms with Gasteiger partial charge in [-0.25, -0.2) is 24.9 Å². The largest absolute Gasteiger partial charge is 0.495 e. The van der Waals surface area contributed by atoms with E-state index in [4.69, 9.17) is 39.6 Å². The summed E-state index contributed by atoms with van der Waals surface area (Å²) in [5, 5.41) is 8.62. The van der Waals surface area contributed by atoms with Crippen LogP contribution in [0.4, 0.5) is 5.95 Å². The molecular formula is C43H46N10O5S. The van der Waals surface area contributed by atoms with Crippen molar-refractivity contribution < 1.29 is 23.5 Å². The molecule has 2 aromatic carbocycles. The number of primary amides is 1. The molecule has 0 bridgehead atoms. The van der Waals surface area contributed by atoms with Crippen LogP contribution in [-0.2, 0) is 19.5 Å². The van der Waals surface area contributed by atoms with Gasteiger partial charge in [-0.1, -0.05) is 31.7 Å². The molecule has 1 saturated carbocycles. The Kier molecular flexibility index (Phi) is 11.0. The minimum absolute atomic E-state index is 0.147. The van der Waals surface area contributed by atoms with Crippen molar-refractivity contribution in [2.45, 2.75) is 65.5 Å². The summed E-state index contributed by atoms with van der Waals surface area (Å²) in [5.74, 6) is 1.97. The highest BCUT2D eigenvalue weighted by molar-refractivity contribution is 7.15. The maximum absolute atomic E-state index is 13.7. The molecular weight excluding hydrogens is 769 g/mol. The first-order chi connectivity index (χ1) is 28.6. The molecule has 1 aliphatic rings. The third kappa shape index (κ3) is 7.68. The Balaban J connectivity index is 1.21. The maximum atomic E-state index is 13.7. The molecule has 0 spiro atoms. The van der Waals surface area contributed by atoms with Crippen LogP contribution in [0.1, 0.15) is 80.9 Å². The van der Waals surface area contributed by atoms with Gasteiger partial charge in [0.05, 0.1) is 46.0 Å². The molecule has 59 heavy (non-hydrogen) atoms. The monoisotopic (exact) mass is 814 g/mol. The fraction of sp³-hybridized carbons (Fsp3) is 0.326. The summed E-state index contributed by atoms with van der Waals surface area (Å²) in [4.78, 5) is 51.2. The number of nitrogens with zero attached hydrogens (tertiary/aromatic N) is 7. The molecule has 15 nitrogen and oxygen atoms in total. The quantitative estimate of drug-likeness (QED) is 0.0616. The standard InChI is InChI=1S/C43H46N10O5S/c1-7-25-18-31-36(33(19-25)57-17-11-14-45-5)53(43(49-31)51-42(55)37-30(8-2)47-23(3)58-37)16-10-9-15-52-35-28(20-27(39(44)54)21-32(35)56-6)29-22-46-40(50-41(29)52)38-34(26-12-13-26)48-24(4)59-38/h7,9-10,18-22,26,45H,1,8,11-17H2,2-6H3,(H2,44,54)(H,49,51,55)/b10-9+. The number of nitrogens with one attached hydrogen (secondary N) is 2. The first-order valence-electron chi connectivity index (χ1n) is 19.6. The van der Waals surface area contributed by atoms with Gasteiger partial charge < -0.3 is 34.1 Å². The number of aromatic nitrogens is 7. The lowest BCUT2D eigenvalue weighted by Crippen LogP contribution is -2.17. The number of oxazole rings is 1. The topological polar surface area (TPSA) is 190 Å². The lowest BCUT2D eigenvalue weighted by molar-refractivity contribution is 0.0988. The van der Waals surface area contributed by atoms with Crippen LogP contribution in [0.3, 0.4) is 0 Å². The van der Waals surface area contributed by atoms with E-state index in [0.29, 0.717) is 89.1 Å². The highest BCUT2D eigenvalue weighted by Crippen LogP contribution is 2.46. The van der Waals surface area contributed by atoms with E-state index in [1.807, 2.05) is 49.7 Å². The zero-order valence-electron chi connectivity index (χ0n) is 33.7. The van der Waals surface area contributed by atoms with E-state index >= 15 is 0 Å². The van der Waals surface area contributed by atoms with Gasteiger partial charge in [0.2, 0.25) is 17.6 Å². The number of hydrogen-bond acceptors (Lipinski definition) is 12. The number of thiazole rings is 1. The average Bonchev–Trinajstić information content (AvgIpc) is 3.60. The number of nitrogens with two attached hydrogens (primary N) is 1. The number of allylic oxidation sites excluding steroid dienone is 2. The van der Waals surface area contributed by atoms with Gasteiger partial charge in [0, 0.05) is 48.5 Å². The number of fused-ring (bicyclic) bond motifs is 4. The minimum Gasteiger partial charge on any atom is -0.495 e. The van der Waals surface area contributed by atoms with Gasteiger partial charge in [-0.2, -0.15) is 0 Å². The number of methoxy groups -OCH3 is 1. The second-order valence-electron chi connectivity index (χ2n) is 14.4. The van der Waals surface area contributed by atoms with Crippen molar-refractivity contribution in [3.63, 3.8) is 0 Å². The summed E-state index contributed by atoms with van der Waals surface area (Å²) >= 11 is 1.60. The summed E-state index contributed by atoms with van der Waals surface area (Å²) in [6.07, 6.45) is 11.1. The Morgan fingerprint density at radius 1 is 1.03 bits per heavy atom. The molecule has 0 radical (unpaired) electrons. The number of anilines is 1. The molecule has 1 aliphatic carbocycles. The van der Waals surface area contributed by atoms with Gasteiger partial charge in [0.25, 0.3) is 5.91 Å². The predicted octanol–water partition coefficient (Wildman–Crippen LogP) is 7.35. The molecule has 5 aromatic heterocycles. The first-order valence-corrected chi connectivity index (χ1v) is 20.4. The average molecular weight is 815 g/mol. The third-order valence-corrected chi connectivity index (χ3v) is 11.3. The fourth-order valence-electron chi connectivity index (χ4n) is 7.38. The summed E-state index contributed by atoms with van der Waals surface area (Å²) < 4.78 is 21.9. The summed E-state index contributed by atoms with van der Waals surface area (Å²) in [6, 6.07) is 7.26. The Labute approximate surface area is 344 Å².